The van der Waals surface area contributed by atoms with E-state index in [2.05, 4.69) is 0 Å². The third-order valence-electron chi connectivity index (χ3n) is 5.89. The van der Waals surface area contributed by atoms with Gasteiger partial charge in [0.25, 0.3) is 0 Å². The van der Waals surface area contributed by atoms with Gasteiger partial charge in [0.2, 0.25) is 5.91 Å². The summed E-state index contributed by atoms with van der Waals surface area (Å²) >= 11 is 0. The van der Waals surface area contributed by atoms with Crippen LogP contribution >= 0.6 is 0 Å². The molecule has 0 spiro atoms. The van der Waals surface area contributed by atoms with Crippen molar-refractivity contribution in [1.29, 1.82) is 0 Å². The van der Waals surface area contributed by atoms with Crippen LogP contribution in [0, 0.1) is 5.41 Å². The van der Waals surface area contributed by atoms with Crippen LogP contribution in [0.2, 0.25) is 0 Å². The Kier molecular flexibility index (Phi) is 4.10. The average molecular weight is 337 g/mol. The highest BCUT2D eigenvalue weighted by Crippen LogP contribution is 2.56. The number of ether oxygens (including phenoxy) is 1. The molecule has 2 amide bonds. The third-order valence-corrected chi connectivity index (χ3v) is 5.89. The van der Waals surface area contributed by atoms with Gasteiger partial charge in [0.15, 0.2) is 0 Å². The molecular weight excluding hydrogens is 306 g/mol. The molecule has 1 heterocycles. The van der Waals surface area contributed by atoms with Gasteiger partial charge in [-0.05, 0) is 59.8 Å². The number of amides is 2. The average Bonchev–Trinajstić information content (AvgIpc) is 2.99. The van der Waals surface area contributed by atoms with Crippen LogP contribution in [0.5, 0.6) is 0 Å². The van der Waals surface area contributed by atoms with Crippen LogP contribution in [0.1, 0.15) is 59.8 Å². The molecular formula is C18H31N3O3. The Balaban J connectivity index is 1.62. The molecule has 3 aliphatic rings. The quantitative estimate of drug-likeness (QED) is 0.795. The fourth-order valence-corrected chi connectivity index (χ4v) is 4.61. The molecule has 136 valence electrons. The van der Waals surface area contributed by atoms with Crippen molar-refractivity contribution in [3.63, 3.8) is 0 Å². The van der Waals surface area contributed by atoms with Gasteiger partial charge in [0.05, 0.1) is 5.41 Å². The van der Waals surface area contributed by atoms with Gasteiger partial charge in [-0.3, -0.25) is 4.79 Å². The van der Waals surface area contributed by atoms with Gasteiger partial charge in [-0.1, -0.05) is 0 Å². The first kappa shape index (κ1) is 17.5. The predicted octanol–water partition coefficient (Wildman–Crippen LogP) is 2.12. The lowest BCUT2D eigenvalue weighted by Crippen LogP contribution is -2.58. The second-order valence-electron chi connectivity index (χ2n) is 9.09. The number of carbonyl (C=O) groups excluding carboxylic acids is 2. The van der Waals surface area contributed by atoms with Gasteiger partial charge < -0.3 is 20.3 Å². The maximum atomic E-state index is 13.1. The zero-order valence-corrected chi connectivity index (χ0v) is 15.4. The minimum Gasteiger partial charge on any atom is -0.444 e. The van der Waals surface area contributed by atoms with Crippen LogP contribution < -0.4 is 5.73 Å². The van der Waals surface area contributed by atoms with Crippen molar-refractivity contribution in [2.24, 2.45) is 11.1 Å². The first-order valence-corrected chi connectivity index (χ1v) is 9.12. The molecule has 2 aliphatic carbocycles. The summed E-state index contributed by atoms with van der Waals surface area (Å²) in [6.45, 7) is 9.29. The van der Waals surface area contributed by atoms with Crippen LogP contribution in [0.25, 0.3) is 0 Å². The Morgan fingerprint density at radius 1 is 1.12 bits per heavy atom. The van der Waals surface area contributed by atoms with Gasteiger partial charge in [-0.25, -0.2) is 4.79 Å². The van der Waals surface area contributed by atoms with E-state index in [0.29, 0.717) is 19.6 Å². The zero-order chi connectivity index (χ0) is 17.8. The van der Waals surface area contributed by atoms with E-state index in [1.54, 1.807) is 4.90 Å². The number of rotatable bonds is 1. The lowest BCUT2D eigenvalue weighted by atomic mass is 9.82. The number of carbonyl (C=O) groups is 2. The highest BCUT2D eigenvalue weighted by atomic mass is 16.6. The van der Waals surface area contributed by atoms with E-state index >= 15 is 0 Å². The zero-order valence-electron chi connectivity index (χ0n) is 15.4. The maximum absolute atomic E-state index is 13.1. The van der Waals surface area contributed by atoms with Gasteiger partial charge in [0, 0.05) is 31.2 Å². The lowest BCUT2D eigenvalue weighted by molar-refractivity contribution is -0.144. The van der Waals surface area contributed by atoms with Crippen LogP contribution in [0.4, 0.5) is 4.79 Å². The Labute approximate surface area is 144 Å². The SMILES string of the molecule is CC1CN(C(=O)C23CCC(N)(CC2)C3)CCN1C(=O)OC(C)(C)C. The van der Waals surface area contributed by atoms with Crippen LogP contribution in [-0.2, 0) is 9.53 Å². The molecule has 1 aliphatic heterocycles. The minimum atomic E-state index is -0.499. The Bertz CT molecular complexity index is 532. The monoisotopic (exact) mass is 337 g/mol. The van der Waals surface area contributed by atoms with Crippen molar-refractivity contribution in [3.05, 3.63) is 0 Å². The molecule has 0 aromatic heterocycles. The van der Waals surface area contributed by atoms with Crippen molar-refractivity contribution in [1.82, 2.24) is 9.80 Å². The summed E-state index contributed by atoms with van der Waals surface area (Å²) in [6, 6.07) is -0.0283. The van der Waals surface area contributed by atoms with E-state index in [0.717, 1.165) is 32.1 Å². The van der Waals surface area contributed by atoms with E-state index in [4.69, 9.17) is 10.5 Å². The van der Waals surface area contributed by atoms with E-state index < -0.39 is 5.60 Å². The number of nitrogens with two attached hydrogens (primary N) is 1. The largest absolute Gasteiger partial charge is 0.444 e. The van der Waals surface area contributed by atoms with Crippen molar-refractivity contribution >= 4 is 12.0 Å². The molecule has 0 radical (unpaired) electrons. The summed E-state index contributed by atoms with van der Waals surface area (Å²) in [4.78, 5) is 29.1. The molecule has 2 saturated carbocycles. The summed E-state index contributed by atoms with van der Waals surface area (Å²) in [5.41, 5.74) is 5.52. The summed E-state index contributed by atoms with van der Waals surface area (Å²) in [6.07, 6.45) is 4.31. The third kappa shape index (κ3) is 3.13. The standard InChI is InChI=1S/C18H31N3O3/c1-13-11-20(9-10-21(13)15(23)24-16(2,3)4)14(22)17-5-7-18(19,12-17)8-6-17/h13H,5-12,19H2,1-4H3. The van der Waals surface area contributed by atoms with Crippen molar-refractivity contribution < 1.29 is 14.3 Å². The molecule has 6 heteroatoms. The van der Waals surface area contributed by atoms with Crippen molar-refractivity contribution in [2.75, 3.05) is 19.6 Å². The molecule has 1 unspecified atom stereocenters. The van der Waals surface area contributed by atoms with Crippen LogP contribution in [0.15, 0.2) is 0 Å². The summed E-state index contributed by atoms with van der Waals surface area (Å²) < 4.78 is 5.47. The Morgan fingerprint density at radius 2 is 1.75 bits per heavy atom. The summed E-state index contributed by atoms with van der Waals surface area (Å²) in [5.74, 6) is 0.253. The number of hydrogen-bond acceptors (Lipinski definition) is 4. The first-order chi connectivity index (χ1) is 11.0. The predicted molar refractivity (Wildman–Crippen MR) is 91.4 cm³/mol. The molecule has 6 nitrogen and oxygen atoms in total. The lowest BCUT2D eigenvalue weighted by Gasteiger charge is -2.42. The second kappa shape index (κ2) is 5.61. The summed E-state index contributed by atoms with van der Waals surface area (Å²) in [5, 5.41) is 0. The molecule has 0 aromatic carbocycles. The first-order valence-electron chi connectivity index (χ1n) is 9.12. The molecule has 1 saturated heterocycles. The summed E-state index contributed by atoms with van der Waals surface area (Å²) in [7, 11) is 0. The van der Waals surface area contributed by atoms with Gasteiger partial charge >= 0.3 is 6.09 Å². The molecule has 1 atom stereocenters. The normalized spacial score (nSPS) is 36.1. The van der Waals surface area contributed by atoms with Crippen LogP contribution in [0.3, 0.4) is 0 Å². The number of hydrogen-bond donors (Lipinski definition) is 1. The van der Waals surface area contributed by atoms with Crippen LogP contribution in [-0.4, -0.2) is 58.6 Å². The highest BCUT2D eigenvalue weighted by molar-refractivity contribution is 5.84. The van der Waals surface area contributed by atoms with Gasteiger partial charge in [-0.2, -0.15) is 0 Å². The fourth-order valence-electron chi connectivity index (χ4n) is 4.61. The smallest absolute Gasteiger partial charge is 0.410 e. The maximum Gasteiger partial charge on any atom is 0.410 e. The second-order valence-corrected chi connectivity index (χ2v) is 9.09. The number of piperazine rings is 1. The van der Waals surface area contributed by atoms with Gasteiger partial charge in [-0.15, -0.1) is 0 Å². The van der Waals surface area contributed by atoms with Crippen molar-refractivity contribution in [2.45, 2.75) is 77.0 Å². The molecule has 3 fully saturated rings. The number of fused-ring (bicyclic) bond motifs is 2. The molecule has 24 heavy (non-hydrogen) atoms. The van der Waals surface area contributed by atoms with Gasteiger partial charge in [0.1, 0.15) is 5.60 Å². The topological polar surface area (TPSA) is 75.9 Å². The number of nitrogens with zero attached hydrogens (tertiary/aromatic N) is 2. The Morgan fingerprint density at radius 3 is 2.21 bits per heavy atom. The molecule has 0 aromatic rings. The molecule has 3 rings (SSSR count). The van der Waals surface area contributed by atoms with E-state index in [-0.39, 0.29) is 29.0 Å². The van der Waals surface area contributed by atoms with E-state index in [1.165, 1.54) is 0 Å². The minimum absolute atomic E-state index is 0.0283. The molecule has 2 N–H and O–H groups in total. The fraction of sp³-hybridized carbons (Fsp3) is 0.889. The highest BCUT2D eigenvalue weighted by Gasteiger charge is 2.57. The van der Waals surface area contributed by atoms with Crippen molar-refractivity contribution in [3.8, 4) is 0 Å². The molecule has 2 bridgehead atoms. The Hall–Kier alpha value is -1.30. The van der Waals surface area contributed by atoms with E-state index in [1.807, 2.05) is 32.6 Å². The van der Waals surface area contributed by atoms with E-state index in [9.17, 15) is 9.59 Å².